The molecule has 1 aromatic heterocycles. The minimum atomic E-state index is -0.172. The summed E-state index contributed by atoms with van der Waals surface area (Å²) in [6.45, 7) is 1.93. The Morgan fingerprint density at radius 2 is 1.83 bits per heavy atom. The number of carbonyl (C=O) groups is 1. The zero-order valence-electron chi connectivity index (χ0n) is 12.6. The molecule has 116 valence electrons. The Morgan fingerprint density at radius 1 is 1.13 bits per heavy atom. The summed E-state index contributed by atoms with van der Waals surface area (Å²) >= 11 is 5.89. The molecular formula is C18H16ClN3O. The van der Waals surface area contributed by atoms with Gasteiger partial charge in [-0.1, -0.05) is 41.9 Å². The first-order valence-electron chi connectivity index (χ1n) is 7.29. The molecule has 0 aliphatic heterocycles. The SMILES string of the molecule is C[C@@H](NC(=O)c1cncn1-c1ccccc1)c1ccc(Cl)cc1. The van der Waals surface area contributed by atoms with Crippen molar-refractivity contribution in [2.75, 3.05) is 0 Å². The number of rotatable bonds is 4. The summed E-state index contributed by atoms with van der Waals surface area (Å²) in [4.78, 5) is 16.6. The van der Waals surface area contributed by atoms with E-state index >= 15 is 0 Å². The molecule has 23 heavy (non-hydrogen) atoms. The van der Waals surface area contributed by atoms with Crippen LogP contribution in [0.15, 0.2) is 67.1 Å². The van der Waals surface area contributed by atoms with Gasteiger partial charge in [0.25, 0.3) is 5.91 Å². The van der Waals surface area contributed by atoms with Crippen molar-refractivity contribution in [1.82, 2.24) is 14.9 Å². The van der Waals surface area contributed by atoms with Gasteiger partial charge in [-0.15, -0.1) is 0 Å². The van der Waals surface area contributed by atoms with Crippen LogP contribution in [0.5, 0.6) is 0 Å². The molecule has 0 spiro atoms. The first-order chi connectivity index (χ1) is 11.1. The molecule has 4 nitrogen and oxygen atoms in total. The quantitative estimate of drug-likeness (QED) is 0.787. The molecule has 1 heterocycles. The largest absolute Gasteiger partial charge is 0.344 e. The molecule has 0 aliphatic carbocycles. The number of benzene rings is 2. The van der Waals surface area contributed by atoms with Crippen LogP contribution in [-0.4, -0.2) is 15.5 Å². The number of amides is 1. The van der Waals surface area contributed by atoms with E-state index in [4.69, 9.17) is 11.6 Å². The van der Waals surface area contributed by atoms with Gasteiger partial charge >= 0.3 is 0 Å². The fraction of sp³-hybridized carbons (Fsp3) is 0.111. The normalized spacial score (nSPS) is 11.9. The molecule has 0 radical (unpaired) electrons. The van der Waals surface area contributed by atoms with Gasteiger partial charge in [0.1, 0.15) is 5.69 Å². The monoisotopic (exact) mass is 325 g/mol. The van der Waals surface area contributed by atoms with Gasteiger partial charge in [0.05, 0.1) is 18.6 Å². The third-order valence-corrected chi connectivity index (χ3v) is 3.88. The second kappa shape index (κ2) is 6.67. The minimum absolute atomic E-state index is 0.126. The predicted molar refractivity (Wildman–Crippen MR) is 90.9 cm³/mol. The lowest BCUT2D eigenvalue weighted by Crippen LogP contribution is -2.28. The van der Waals surface area contributed by atoms with Crippen LogP contribution in [0.25, 0.3) is 5.69 Å². The van der Waals surface area contributed by atoms with Crippen LogP contribution in [0, 0.1) is 0 Å². The summed E-state index contributed by atoms with van der Waals surface area (Å²) in [5, 5.41) is 3.66. The van der Waals surface area contributed by atoms with Crippen LogP contribution in [0.2, 0.25) is 5.02 Å². The maximum absolute atomic E-state index is 12.6. The summed E-state index contributed by atoms with van der Waals surface area (Å²) < 4.78 is 1.77. The molecule has 1 N–H and O–H groups in total. The van der Waals surface area contributed by atoms with Gasteiger partial charge in [0.2, 0.25) is 0 Å². The summed E-state index contributed by atoms with van der Waals surface area (Å²) in [7, 11) is 0. The standard InChI is InChI=1S/C18H16ClN3O/c1-13(14-7-9-15(19)10-8-14)21-18(23)17-11-20-12-22(17)16-5-3-2-4-6-16/h2-13H,1H3,(H,21,23)/t13-/m1/s1. The van der Waals surface area contributed by atoms with Crippen molar-refractivity contribution in [3.8, 4) is 5.69 Å². The Bertz CT molecular complexity index is 797. The highest BCUT2D eigenvalue weighted by Gasteiger charge is 2.16. The zero-order valence-corrected chi connectivity index (χ0v) is 13.4. The first-order valence-corrected chi connectivity index (χ1v) is 7.67. The molecule has 3 aromatic rings. The van der Waals surface area contributed by atoms with Crippen molar-refractivity contribution in [2.24, 2.45) is 0 Å². The molecule has 0 saturated heterocycles. The molecule has 0 bridgehead atoms. The molecule has 3 rings (SSSR count). The number of carbonyl (C=O) groups excluding carboxylic acids is 1. The minimum Gasteiger partial charge on any atom is -0.344 e. The third-order valence-electron chi connectivity index (χ3n) is 3.62. The van der Waals surface area contributed by atoms with Crippen LogP contribution >= 0.6 is 11.6 Å². The van der Waals surface area contributed by atoms with E-state index in [0.717, 1.165) is 11.3 Å². The molecular weight excluding hydrogens is 310 g/mol. The van der Waals surface area contributed by atoms with Crippen molar-refractivity contribution < 1.29 is 4.79 Å². The predicted octanol–water partition coefficient (Wildman–Crippen LogP) is 4.02. The average molecular weight is 326 g/mol. The average Bonchev–Trinajstić information content (AvgIpc) is 3.06. The van der Waals surface area contributed by atoms with Gasteiger partial charge < -0.3 is 5.32 Å². The van der Waals surface area contributed by atoms with Crippen molar-refractivity contribution >= 4 is 17.5 Å². The van der Waals surface area contributed by atoms with Crippen molar-refractivity contribution in [1.29, 1.82) is 0 Å². The number of hydrogen-bond donors (Lipinski definition) is 1. The van der Waals surface area contributed by atoms with E-state index in [1.807, 2.05) is 61.5 Å². The summed E-state index contributed by atoms with van der Waals surface area (Å²) in [5.41, 5.74) is 2.39. The molecule has 2 aromatic carbocycles. The number of nitrogens with zero attached hydrogens (tertiary/aromatic N) is 2. The molecule has 0 unspecified atom stereocenters. The lowest BCUT2D eigenvalue weighted by molar-refractivity contribution is 0.0933. The van der Waals surface area contributed by atoms with Crippen molar-refractivity contribution in [3.63, 3.8) is 0 Å². The van der Waals surface area contributed by atoms with Crippen LogP contribution in [0.4, 0.5) is 0 Å². The lowest BCUT2D eigenvalue weighted by Gasteiger charge is -2.15. The molecule has 0 aliphatic rings. The van der Waals surface area contributed by atoms with Crippen LogP contribution in [-0.2, 0) is 0 Å². The van der Waals surface area contributed by atoms with Crippen LogP contribution in [0.1, 0.15) is 29.0 Å². The molecule has 1 atom stereocenters. The Labute approximate surface area is 139 Å². The first kappa shape index (κ1) is 15.3. The van der Waals surface area contributed by atoms with E-state index in [2.05, 4.69) is 10.3 Å². The third kappa shape index (κ3) is 3.43. The number of aromatic nitrogens is 2. The van der Waals surface area contributed by atoms with E-state index in [1.54, 1.807) is 17.1 Å². The van der Waals surface area contributed by atoms with Gasteiger partial charge in [-0.3, -0.25) is 9.36 Å². The molecule has 0 fully saturated rings. The Balaban J connectivity index is 1.79. The number of imidazole rings is 1. The summed E-state index contributed by atoms with van der Waals surface area (Å²) in [6, 6.07) is 17.0. The Hall–Kier alpha value is -2.59. The topological polar surface area (TPSA) is 46.9 Å². The van der Waals surface area contributed by atoms with Gasteiger partial charge in [-0.05, 0) is 36.8 Å². The fourth-order valence-corrected chi connectivity index (χ4v) is 2.49. The van der Waals surface area contributed by atoms with E-state index in [-0.39, 0.29) is 11.9 Å². The molecule has 1 amide bonds. The lowest BCUT2D eigenvalue weighted by atomic mass is 10.1. The van der Waals surface area contributed by atoms with Crippen molar-refractivity contribution in [3.05, 3.63) is 83.4 Å². The smallest absolute Gasteiger partial charge is 0.270 e. The second-order valence-electron chi connectivity index (χ2n) is 5.23. The van der Waals surface area contributed by atoms with E-state index in [9.17, 15) is 4.79 Å². The molecule has 5 heteroatoms. The van der Waals surface area contributed by atoms with Gasteiger partial charge in [-0.2, -0.15) is 0 Å². The van der Waals surface area contributed by atoms with E-state index < -0.39 is 0 Å². The zero-order chi connectivity index (χ0) is 16.2. The number of halogens is 1. The second-order valence-corrected chi connectivity index (χ2v) is 5.67. The van der Waals surface area contributed by atoms with Gasteiger partial charge in [0.15, 0.2) is 0 Å². The van der Waals surface area contributed by atoms with Crippen LogP contribution in [0.3, 0.4) is 0 Å². The van der Waals surface area contributed by atoms with E-state index in [1.165, 1.54) is 0 Å². The molecule has 0 saturated carbocycles. The number of para-hydroxylation sites is 1. The summed E-state index contributed by atoms with van der Waals surface area (Å²) in [5.74, 6) is -0.172. The highest BCUT2D eigenvalue weighted by Crippen LogP contribution is 2.17. The number of hydrogen-bond acceptors (Lipinski definition) is 2. The van der Waals surface area contributed by atoms with E-state index in [0.29, 0.717) is 10.7 Å². The highest BCUT2D eigenvalue weighted by atomic mass is 35.5. The van der Waals surface area contributed by atoms with Gasteiger partial charge in [-0.25, -0.2) is 4.98 Å². The van der Waals surface area contributed by atoms with Crippen LogP contribution < -0.4 is 5.32 Å². The number of nitrogens with one attached hydrogen (secondary N) is 1. The fourth-order valence-electron chi connectivity index (χ4n) is 2.36. The maximum atomic E-state index is 12.6. The summed E-state index contributed by atoms with van der Waals surface area (Å²) in [6.07, 6.45) is 3.20. The Morgan fingerprint density at radius 3 is 2.52 bits per heavy atom. The Kier molecular flexibility index (Phi) is 4.44. The maximum Gasteiger partial charge on any atom is 0.270 e. The van der Waals surface area contributed by atoms with Gasteiger partial charge in [0, 0.05) is 10.7 Å². The highest BCUT2D eigenvalue weighted by molar-refractivity contribution is 6.30. The van der Waals surface area contributed by atoms with Crippen molar-refractivity contribution in [2.45, 2.75) is 13.0 Å².